The van der Waals surface area contributed by atoms with Crippen LogP contribution in [-0.2, 0) is 9.59 Å². The Morgan fingerprint density at radius 1 is 1.32 bits per heavy atom. The van der Waals surface area contributed by atoms with Crippen LogP contribution in [0.25, 0.3) is 0 Å². The summed E-state index contributed by atoms with van der Waals surface area (Å²) in [4.78, 5) is 24.6. The topological polar surface area (TPSA) is 106 Å². The van der Waals surface area contributed by atoms with E-state index in [0.717, 1.165) is 22.9 Å². The molecule has 1 aliphatic rings. The van der Waals surface area contributed by atoms with Crippen LogP contribution >= 0.6 is 11.8 Å². The standard InChI is InChI=1S/C21H24N4O2S/c1-12-6-7-15(8-13(12)2)14(3)24-18(26)11-28-20-17(10-23)21(4,5)16(9-22)19(27)25-20/h6-8,14,16H,11H2,1-5H3,(H,24,26)(H,25,27)/t14-,16-/m1/s1. The summed E-state index contributed by atoms with van der Waals surface area (Å²) in [5, 5.41) is 24.7. The maximum Gasteiger partial charge on any atom is 0.243 e. The minimum atomic E-state index is -0.940. The maximum atomic E-state index is 12.4. The zero-order chi connectivity index (χ0) is 21.1. The number of amides is 2. The van der Waals surface area contributed by atoms with Gasteiger partial charge < -0.3 is 10.6 Å². The van der Waals surface area contributed by atoms with Crippen molar-refractivity contribution in [2.24, 2.45) is 11.3 Å². The molecule has 146 valence electrons. The first-order valence-corrected chi connectivity index (χ1v) is 9.95. The highest BCUT2D eigenvalue weighted by Crippen LogP contribution is 2.41. The van der Waals surface area contributed by atoms with Crippen molar-refractivity contribution in [1.29, 1.82) is 10.5 Å². The van der Waals surface area contributed by atoms with E-state index < -0.39 is 17.2 Å². The molecule has 28 heavy (non-hydrogen) atoms. The van der Waals surface area contributed by atoms with Crippen LogP contribution in [0.4, 0.5) is 0 Å². The fourth-order valence-corrected chi connectivity index (χ4v) is 4.06. The molecule has 0 unspecified atom stereocenters. The van der Waals surface area contributed by atoms with Crippen LogP contribution in [0.3, 0.4) is 0 Å². The molecule has 0 radical (unpaired) electrons. The van der Waals surface area contributed by atoms with Crippen molar-refractivity contribution >= 4 is 23.6 Å². The van der Waals surface area contributed by atoms with E-state index in [9.17, 15) is 20.1 Å². The van der Waals surface area contributed by atoms with E-state index in [-0.39, 0.29) is 17.7 Å². The van der Waals surface area contributed by atoms with Gasteiger partial charge in [-0.05, 0) is 37.5 Å². The lowest BCUT2D eigenvalue weighted by Crippen LogP contribution is -2.44. The third kappa shape index (κ3) is 4.37. The summed E-state index contributed by atoms with van der Waals surface area (Å²) in [6.07, 6.45) is 0. The first-order valence-electron chi connectivity index (χ1n) is 8.96. The van der Waals surface area contributed by atoms with Crippen molar-refractivity contribution in [2.45, 2.75) is 40.7 Å². The lowest BCUT2D eigenvalue weighted by atomic mass is 9.72. The first-order chi connectivity index (χ1) is 13.1. The van der Waals surface area contributed by atoms with E-state index in [1.807, 2.05) is 39.0 Å². The number of carbonyl (C=O) groups is 2. The van der Waals surface area contributed by atoms with Gasteiger partial charge in [0, 0.05) is 5.41 Å². The molecular formula is C21H24N4O2S. The SMILES string of the molecule is Cc1ccc([C@@H](C)NC(=O)CSC2=C(C#N)C(C)(C)[C@H](C#N)C(=O)N2)cc1C. The second-order valence-corrected chi connectivity index (χ2v) is 8.50. The van der Waals surface area contributed by atoms with Crippen LogP contribution in [0.5, 0.6) is 0 Å². The molecule has 2 rings (SSSR count). The number of rotatable bonds is 5. The quantitative estimate of drug-likeness (QED) is 0.795. The summed E-state index contributed by atoms with van der Waals surface area (Å²) in [7, 11) is 0. The third-order valence-electron chi connectivity index (χ3n) is 5.09. The number of thioether (sulfide) groups is 1. The van der Waals surface area contributed by atoms with Gasteiger partial charge in [0.25, 0.3) is 0 Å². The summed E-state index contributed by atoms with van der Waals surface area (Å²) in [5.41, 5.74) is 2.79. The number of nitrogens with one attached hydrogen (secondary N) is 2. The molecule has 1 aliphatic heterocycles. The molecule has 6 nitrogen and oxygen atoms in total. The van der Waals surface area contributed by atoms with Crippen LogP contribution < -0.4 is 10.6 Å². The summed E-state index contributed by atoms with van der Waals surface area (Å²) >= 11 is 1.10. The van der Waals surface area contributed by atoms with Gasteiger partial charge >= 0.3 is 0 Å². The molecule has 7 heteroatoms. The Morgan fingerprint density at radius 3 is 2.57 bits per heavy atom. The van der Waals surface area contributed by atoms with Gasteiger partial charge in [-0.15, -0.1) is 0 Å². The van der Waals surface area contributed by atoms with Gasteiger partial charge in [-0.1, -0.05) is 43.8 Å². The van der Waals surface area contributed by atoms with Crippen molar-refractivity contribution in [2.75, 3.05) is 5.75 Å². The highest BCUT2D eigenvalue weighted by molar-refractivity contribution is 8.03. The van der Waals surface area contributed by atoms with E-state index >= 15 is 0 Å². The van der Waals surface area contributed by atoms with Crippen LogP contribution in [0, 0.1) is 47.8 Å². The molecule has 2 N–H and O–H groups in total. The number of hydrogen-bond donors (Lipinski definition) is 2. The van der Waals surface area contributed by atoms with Gasteiger partial charge in [0.1, 0.15) is 5.92 Å². The Hall–Kier alpha value is -2.77. The van der Waals surface area contributed by atoms with Crippen LogP contribution in [0.15, 0.2) is 28.8 Å². The van der Waals surface area contributed by atoms with E-state index in [1.165, 1.54) is 5.56 Å². The largest absolute Gasteiger partial charge is 0.349 e. The molecule has 1 aromatic carbocycles. The highest BCUT2D eigenvalue weighted by atomic mass is 32.2. The molecule has 2 amide bonds. The molecule has 2 atom stereocenters. The summed E-state index contributed by atoms with van der Waals surface area (Å²) in [6.45, 7) is 9.37. The fourth-order valence-electron chi connectivity index (χ4n) is 3.07. The van der Waals surface area contributed by atoms with Crippen LogP contribution in [0.1, 0.15) is 43.5 Å². The second kappa shape index (κ2) is 8.50. The normalized spacial score (nSPS) is 19.2. The fraction of sp³-hybridized carbons (Fsp3) is 0.429. The van der Waals surface area contributed by atoms with Gasteiger partial charge in [-0.25, -0.2) is 0 Å². The monoisotopic (exact) mass is 396 g/mol. The van der Waals surface area contributed by atoms with Crippen molar-refractivity contribution in [3.8, 4) is 12.1 Å². The number of benzene rings is 1. The zero-order valence-electron chi connectivity index (χ0n) is 16.7. The molecule has 1 heterocycles. The number of allylic oxidation sites excluding steroid dienone is 1. The van der Waals surface area contributed by atoms with Crippen LogP contribution in [-0.4, -0.2) is 17.6 Å². The second-order valence-electron chi connectivity index (χ2n) is 7.51. The van der Waals surface area contributed by atoms with Gasteiger partial charge in [-0.3, -0.25) is 9.59 Å². The van der Waals surface area contributed by atoms with E-state index in [2.05, 4.69) is 22.8 Å². The molecular weight excluding hydrogens is 372 g/mol. The molecule has 0 fully saturated rings. The van der Waals surface area contributed by atoms with E-state index in [4.69, 9.17) is 0 Å². The molecule has 1 aromatic rings. The van der Waals surface area contributed by atoms with Gasteiger partial charge in [-0.2, -0.15) is 10.5 Å². The lowest BCUT2D eigenvalue weighted by Gasteiger charge is -2.34. The minimum Gasteiger partial charge on any atom is -0.349 e. The molecule has 0 saturated carbocycles. The molecule has 0 aromatic heterocycles. The Morgan fingerprint density at radius 2 is 2.00 bits per heavy atom. The van der Waals surface area contributed by atoms with Gasteiger partial charge in [0.15, 0.2) is 0 Å². The van der Waals surface area contributed by atoms with Crippen molar-refractivity contribution in [3.05, 3.63) is 45.5 Å². The van der Waals surface area contributed by atoms with Crippen molar-refractivity contribution < 1.29 is 9.59 Å². The Kier molecular flexibility index (Phi) is 6.53. The average Bonchev–Trinajstić information content (AvgIpc) is 2.61. The minimum absolute atomic E-state index is 0.0588. The Balaban J connectivity index is 2.08. The third-order valence-corrected chi connectivity index (χ3v) is 6.09. The molecule has 0 spiro atoms. The summed E-state index contributed by atoms with van der Waals surface area (Å²) < 4.78 is 0. The van der Waals surface area contributed by atoms with Crippen LogP contribution in [0.2, 0.25) is 0 Å². The number of nitriles is 2. The number of nitrogens with zero attached hydrogens (tertiary/aromatic N) is 2. The number of aryl methyl sites for hydroxylation is 2. The summed E-state index contributed by atoms with van der Waals surface area (Å²) in [6, 6.07) is 9.96. The molecule has 0 aliphatic carbocycles. The number of carbonyl (C=O) groups excluding carboxylic acids is 2. The van der Waals surface area contributed by atoms with E-state index in [1.54, 1.807) is 13.8 Å². The predicted molar refractivity (Wildman–Crippen MR) is 109 cm³/mol. The average molecular weight is 397 g/mol. The maximum absolute atomic E-state index is 12.4. The first kappa shape index (κ1) is 21.5. The number of hydrogen-bond acceptors (Lipinski definition) is 5. The summed E-state index contributed by atoms with van der Waals surface area (Å²) in [5.74, 6) is -1.53. The molecule has 0 bridgehead atoms. The van der Waals surface area contributed by atoms with Gasteiger partial charge in [0.05, 0.1) is 34.5 Å². The zero-order valence-corrected chi connectivity index (χ0v) is 17.5. The Bertz CT molecular complexity index is 921. The molecule has 0 saturated heterocycles. The Labute approximate surface area is 170 Å². The van der Waals surface area contributed by atoms with Crippen molar-refractivity contribution in [3.63, 3.8) is 0 Å². The van der Waals surface area contributed by atoms with Crippen molar-refractivity contribution in [1.82, 2.24) is 10.6 Å². The highest BCUT2D eigenvalue weighted by Gasteiger charge is 2.44. The lowest BCUT2D eigenvalue weighted by molar-refractivity contribution is -0.125. The van der Waals surface area contributed by atoms with Gasteiger partial charge in [0.2, 0.25) is 11.8 Å². The smallest absolute Gasteiger partial charge is 0.243 e. The van der Waals surface area contributed by atoms with E-state index in [0.29, 0.717) is 10.6 Å². The predicted octanol–water partition coefficient (Wildman–Crippen LogP) is 3.24.